The lowest BCUT2D eigenvalue weighted by Crippen LogP contribution is -2.37. The maximum absolute atomic E-state index is 11.0. The van der Waals surface area contributed by atoms with Crippen LogP contribution < -0.4 is 4.72 Å². The summed E-state index contributed by atoms with van der Waals surface area (Å²) in [5, 5.41) is 18.9. The maximum atomic E-state index is 11.0. The monoisotopic (exact) mass is 259 g/mol. The van der Waals surface area contributed by atoms with Crippen LogP contribution in [0.1, 0.15) is 18.1 Å². The Morgan fingerprint density at radius 2 is 1.88 bits per heavy atom. The van der Waals surface area contributed by atoms with Crippen LogP contribution in [0.4, 0.5) is 0 Å². The Hall–Kier alpha value is -0.950. The summed E-state index contributed by atoms with van der Waals surface area (Å²) in [5.41, 5.74) is 0.696. The van der Waals surface area contributed by atoms with Crippen molar-refractivity contribution in [1.82, 2.24) is 4.72 Å². The molecule has 0 bridgehead atoms. The zero-order valence-electron chi connectivity index (χ0n) is 9.57. The van der Waals surface area contributed by atoms with Gasteiger partial charge in [0.1, 0.15) is 0 Å². The molecule has 0 spiro atoms. The second kappa shape index (κ2) is 6.11. The van der Waals surface area contributed by atoms with Crippen molar-refractivity contribution < 1.29 is 18.6 Å². The van der Waals surface area contributed by atoms with Crippen molar-refractivity contribution in [3.05, 3.63) is 35.9 Å². The highest BCUT2D eigenvalue weighted by Gasteiger charge is 2.18. The first-order valence-corrected chi connectivity index (χ1v) is 7.12. The molecule has 0 aliphatic rings. The summed E-state index contributed by atoms with van der Waals surface area (Å²) < 4.78 is 24.3. The van der Waals surface area contributed by atoms with E-state index in [0.717, 1.165) is 6.26 Å². The van der Waals surface area contributed by atoms with Gasteiger partial charge in [-0.05, 0) is 12.0 Å². The number of sulfonamides is 1. The van der Waals surface area contributed by atoms with E-state index in [9.17, 15) is 13.5 Å². The van der Waals surface area contributed by atoms with Gasteiger partial charge in [0, 0.05) is 6.04 Å². The average Bonchev–Trinajstić information content (AvgIpc) is 2.27. The van der Waals surface area contributed by atoms with Crippen LogP contribution in [0.15, 0.2) is 30.3 Å². The van der Waals surface area contributed by atoms with Gasteiger partial charge in [0.15, 0.2) is 0 Å². The molecule has 0 saturated heterocycles. The van der Waals surface area contributed by atoms with Gasteiger partial charge in [0.2, 0.25) is 10.0 Å². The predicted molar refractivity (Wildman–Crippen MR) is 64.9 cm³/mol. The first kappa shape index (κ1) is 14.1. The SMILES string of the molecule is CS(=O)(=O)NC(CO)CC(O)c1ccccc1. The van der Waals surface area contributed by atoms with Gasteiger partial charge in [-0.25, -0.2) is 13.1 Å². The molecule has 0 aliphatic carbocycles. The molecule has 0 radical (unpaired) electrons. The summed E-state index contributed by atoms with van der Waals surface area (Å²) >= 11 is 0. The smallest absolute Gasteiger partial charge is 0.209 e. The number of rotatable bonds is 6. The third kappa shape index (κ3) is 5.27. The van der Waals surface area contributed by atoms with E-state index >= 15 is 0 Å². The first-order chi connectivity index (χ1) is 7.92. The molecule has 0 aromatic heterocycles. The molecule has 0 fully saturated rings. The lowest BCUT2D eigenvalue weighted by atomic mass is 10.0. The lowest BCUT2D eigenvalue weighted by molar-refractivity contribution is 0.136. The van der Waals surface area contributed by atoms with Crippen molar-refractivity contribution in [3.63, 3.8) is 0 Å². The highest BCUT2D eigenvalue weighted by Crippen LogP contribution is 2.17. The number of hydrogen-bond donors (Lipinski definition) is 3. The van der Waals surface area contributed by atoms with Gasteiger partial charge in [0.25, 0.3) is 0 Å². The molecule has 5 nitrogen and oxygen atoms in total. The highest BCUT2D eigenvalue weighted by atomic mass is 32.2. The second-order valence-corrected chi connectivity index (χ2v) is 5.71. The maximum Gasteiger partial charge on any atom is 0.209 e. The van der Waals surface area contributed by atoms with Gasteiger partial charge in [-0.3, -0.25) is 0 Å². The molecule has 3 N–H and O–H groups in total. The minimum atomic E-state index is -3.38. The minimum absolute atomic E-state index is 0.133. The minimum Gasteiger partial charge on any atom is -0.395 e. The van der Waals surface area contributed by atoms with Crippen LogP contribution in [0.2, 0.25) is 0 Å². The van der Waals surface area contributed by atoms with Gasteiger partial charge in [-0.15, -0.1) is 0 Å². The van der Waals surface area contributed by atoms with Gasteiger partial charge in [0.05, 0.1) is 19.0 Å². The Kier molecular flexibility index (Phi) is 5.07. The third-order valence-electron chi connectivity index (χ3n) is 2.29. The van der Waals surface area contributed by atoms with E-state index in [0.29, 0.717) is 5.56 Å². The quantitative estimate of drug-likeness (QED) is 0.672. The summed E-state index contributed by atoms with van der Waals surface area (Å²) in [6, 6.07) is 8.22. The molecule has 2 unspecified atom stereocenters. The van der Waals surface area contributed by atoms with Gasteiger partial charge < -0.3 is 10.2 Å². The molecule has 2 atom stereocenters. The fourth-order valence-electron chi connectivity index (χ4n) is 1.54. The molecule has 0 heterocycles. The molecule has 0 amide bonds. The molecule has 96 valence electrons. The fourth-order valence-corrected chi connectivity index (χ4v) is 2.32. The van der Waals surface area contributed by atoms with Crippen molar-refractivity contribution in [1.29, 1.82) is 0 Å². The molecular formula is C11H17NO4S. The van der Waals surface area contributed by atoms with Crippen LogP contribution in [-0.2, 0) is 10.0 Å². The van der Waals surface area contributed by atoms with Crippen molar-refractivity contribution in [2.24, 2.45) is 0 Å². The summed E-state index contributed by atoms with van der Waals surface area (Å²) in [6.07, 6.45) is 0.348. The fraction of sp³-hybridized carbons (Fsp3) is 0.455. The summed E-state index contributed by atoms with van der Waals surface area (Å²) in [4.78, 5) is 0. The predicted octanol–water partition coefficient (Wildman–Crippen LogP) is 0.0202. The largest absolute Gasteiger partial charge is 0.395 e. The molecule has 1 aromatic rings. The molecule has 6 heteroatoms. The van der Waals surface area contributed by atoms with Crippen LogP contribution in [0.3, 0.4) is 0 Å². The first-order valence-electron chi connectivity index (χ1n) is 5.23. The summed E-state index contributed by atoms with van der Waals surface area (Å²) in [5.74, 6) is 0. The van der Waals surface area contributed by atoms with E-state index in [1.54, 1.807) is 24.3 Å². The number of benzene rings is 1. The Balaban J connectivity index is 2.63. The van der Waals surface area contributed by atoms with E-state index in [1.165, 1.54) is 0 Å². The molecule has 1 rings (SSSR count). The Labute approximate surface area is 101 Å². The topological polar surface area (TPSA) is 86.6 Å². The standard InChI is InChI=1S/C11H17NO4S/c1-17(15,16)12-10(8-13)7-11(14)9-5-3-2-4-6-9/h2-6,10-14H,7-8H2,1H3. The normalized spacial score (nSPS) is 15.5. The van der Waals surface area contributed by atoms with Crippen LogP contribution in [0.5, 0.6) is 0 Å². The molecule has 17 heavy (non-hydrogen) atoms. The van der Waals surface area contributed by atoms with Crippen molar-refractivity contribution in [2.75, 3.05) is 12.9 Å². The highest BCUT2D eigenvalue weighted by molar-refractivity contribution is 7.88. The second-order valence-electron chi connectivity index (χ2n) is 3.93. The number of nitrogens with one attached hydrogen (secondary N) is 1. The van der Waals surface area contributed by atoms with Crippen LogP contribution in [0, 0.1) is 0 Å². The Bertz CT molecular complexity index is 432. The van der Waals surface area contributed by atoms with E-state index in [-0.39, 0.29) is 13.0 Å². The molecular weight excluding hydrogens is 242 g/mol. The zero-order chi connectivity index (χ0) is 12.9. The third-order valence-corrected chi connectivity index (χ3v) is 3.05. The summed E-state index contributed by atoms with van der Waals surface area (Å²) in [7, 11) is -3.38. The van der Waals surface area contributed by atoms with E-state index in [2.05, 4.69) is 4.72 Å². The van der Waals surface area contributed by atoms with Gasteiger partial charge >= 0.3 is 0 Å². The number of aliphatic hydroxyl groups is 2. The van der Waals surface area contributed by atoms with Crippen molar-refractivity contribution in [3.8, 4) is 0 Å². The van der Waals surface area contributed by atoms with Crippen molar-refractivity contribution in [2.45, 2.75) is 18.6 Å². The van der Waals surface area contributed by atoms with E-state index in [4.69, 9.17) is 5.11 Å². The van der Waals surface area contributed by atoms with E-state index in [1.807, 2.05) is 6.07 Å². The van der Waals surface area contributed by atoms with Crippen LogP contribution in [0.25, 0.3) is 0 Å². The number of hydrogen-bond acceptors (Lipinski definition) is 4. The van der Waals surface area contributed by atoms with Gasteiger partial charge in [-0.2, -0.15) is 0 Å². The van der Waals surface area contributed by atoms with Crippen molar-refractivity contribution >= 4 is 10.0 Å². The number of aliphatic hydroxyl groups excluding tert-OH is 2. The Morgan fingerprint density at radius 3 is 2.35 bits per heavy atom. The Morgan fingerprint density at radius 1 is 1.29 bits per heavy atom. The zero-order valence-corrected chi connectivity index (χ0v) is 10.4. The van der Waals surface area contributed by atoms with Crippen LogP contribution >= 0.6 is 0 Å². The molecule has 0 aliphatic heterocycles. The molecule has 0 saturated carbocycles. The molecule has 1 aromatic carbocycles. The van der Waals surface area contributed by atoms with E-state index < -0.39 is 22.2 Å². The van der Waals surface area contributed by atoms with Gasteiger partial charge in [-0.1, -0.05) is 30.3 Å². The summed E-state index contributed by atoms with van der Waals surface area (Å²) in [6.45, 7) is -0.350. The van der Waals surface area contributed by atoms with Crippen LogP contribution in [-0.4, -0.2) is 37.5 Å². The lowest BCUT2D eigenvalue weighted by Gasteiger charge is -2.18. The average molecular weight is 259 g/mol.